The van der Waals surface area contributed by atoms with Crippen LogP contribution in [0.5, 0.6) is 0 Å². The largest absolute Gasteiger partial charge is 0.388 e. The first-order valence-corrected chi connectivity index (χ1v) is 4.67. The van der Waals surface area contributed by atoms with Crippen molar-refractivity contribution in [3.05, 3.63) is 24.3 Å². The van der Waals surface area contributed by atoms with Crippen molar-refractivity contribution >= 4 is 0 Å². The number of nitrogens with zero attached hydrogens (tertiary/aromatic N) is 2. The van der Waals surface area contributed by atoms with Crippen molar-refractivity contribution in [3.63, 3.8) is 0 Å². The Morgan fingerprint density at radius 1 is 1.38 bits per heavy atom. The Morgan fingerprint density at radius 2 is 2.00 bits per heavy atom. The summed E-state index contributed by atoms with van der Waals surface area (Å²) < 4.78 is 0. The van der Waals surface area contributed by atoms with Gasteiger partial charge in [0.05, 0.1) is 6.10 Å². The van der Waals surface area contributed by atoms with Crippen LogP contribution >= 0.6 is 0 Å². The SMILES string of the molecule is CCC(C)CC(O)c1cncnc1. The lowest BCUT2D eigenvalue weighted by atomic mass is 9.98. The number of aliphatic hydroxyl groups is 1. The van der Waals surface area contributed by atoms with Crippen LogP contribution < -0.4 is 0 Å². The van der Waals surface area contributed by atoms with Crippen LogP contribution in [0, 0.1) is 5.92 Å². The third-order valence-corrected chi connectivity index (χ3v) is 2.29. The van der Waals surface area contributed by atoms with Crippen molar-refractivity contribution in [1.82, 2.24) is 9.97 Å². The summed E-state index contributed by atoms with van der Waals surface area (Å²) in [7, 11) is 0. The molecule has 72 valence electrons. The van der Waals surface area contributed by atoms with Gasteiger partial charge in [0.1, 0.15) is 6.33 Å². The van der Waals surface area contributed by atoms with E-state index in [1.165, 1.54) is 6.33 Å². The standard InChI is InChI=1S/C10H16N2O/c1-3-8(2)4-10(13)9-5-11-7-12-6-9/h5-8,10,13H,3-4H2,1-2H3. The van der Waals surface area contributed by atoms with Crippen LogP contribution in [0.25, 0.3) is 0 Å². The maximum atomic E-state index is 9.74. The summed E-state index contributed by atoms with van der Waals surface area (Å²) in [6.45, 7) is 4.26. The molecular weight excluding hydrogens is 164 g/mol. The Labute approximate surface area is 78.9 Å². The number of hydrogen-bond donors (Lipinski definition) is 1. The molecule has 0 aliphatic heterocycles. The summed E-state index contributed by atoms with van der Waals surface area (Å²) in [6, 6.07) is 0. The molecule has 2 atom stereocenters. The van der Waals surface area contributed by atoms with Gasteiger partial charge in [0.25, 0.3) is 0 Å². The zero-order chi connectivity index (χ0) is 9.68. The van der Waals surface area contributed by atoms with Crippen molar-refractivity contribution in [2.24, 2.45) is 5.92 Å². The average molecular weight is 180 g/mol. The fourth-order valence-corrected chi connectivity index (χ4v) is 1.17. The Bertz CT molecular complexity index is 238. The Kier molecular flexibility index (Phi) is 3.83. The Balaban J connectivity index is 2.53. The summed E-state index contributed by atoms with van der Waals surface area (Å²) in [5.41, 5.74) is 0.808. The van der Waals surface area contributed by atoms with Crippen molar-refractivity contribution < 1.29 is 5.11 Å². The predicted molar refractivity (Wildman–Crippen MR) is 51.1 cm³/mol. The van der Waals surface area contributed by atoms with E-state index in [0.29, 0.717) is 5.92 Å². The number of aromatic nitrogens is 2. The lowest BCUT2D eigenvalue weighted by molar-refractivity contribution is 0.145. The molecule has 3 nitrogen and oxygen atoms in total. The molecule has 0 spiro atoms. The van der Waals surface area contributed by atoms with Gasteiger partial charge in [-0.05, 0) is 12.3 Å². The molecule has 1 rings (SSSR count). The van der Waals surface area contributed by atoms with E-state index in [9.17, 15) is 5.11 Å². The molecule has 0 amide bonds. The Hall–Kier alpha value is -0.960. The molecule has 0 saturated carbocycles. The van der Waals surface area contributed by atoms with E-state index in [0.717, 1.165) is 18.4 Å². The van der Waals surface area contributed by atoms with E-state index in [1.54, 1.807) is 12.4 Å². The minimum Gasteiger partial charge on any atom is -0.388 e. The van der Waals surface area contributed by atoms with Crippen LogP contribution in [0.3, 0.4) is 0 Å². The Morgan fingerprint density at radius 3 is 2.54 bits per heavy atom. The number of aliphatic hydroxyl groups excluding tert-OH is 1. The second kappa shape index (κ2) is 4.92. The first-order valence-electron chi connectivity index (χ1n) is 4.67. The van der Waals surface area contributed by atoms with Crippen molar-refractivity contribution in [2.75, 3.05) is 0 Å². The average Bonchev–Trinajstić information content (AvgIpc) is 2.19. The molecule has 0 bridgehead atoms. The van der Waals surface area contributed by atoms with Gasteiger partial charge in [-0.3, -0.25) is 0 Å². The summed E-state index contributed by atoms with van der Waals surface area (Å²) >= 11 is 0. The van der Waals surface area contributed by atoms with Crippen molar-refractivity contribution in [2.45, 2.75) is 32.8 Å². The second-order valence-corrected chi connectivity index (χ2v) is 3.44. The van der Waals surface area contributed by atoms with Gasteiger partial charge in [-0.25, -0.2) is 9.97 Å². The molecule has 0 saturated heterocycles. The molecule has 1 aromatic rings. The van der Waals surface area contributed by atoms with Crippen molar-refractivity contribution in [1.29, 1.82) is 0 Å². The summed E-state index contributed by atoms with van der Waals surface area (Å²) in [6.07, 6.45) is 6.25. The summed E-state index contributed by atoms with van der Waals surface area (Å²) in [5.74, 6) is 0.537. The molecule has 1 heterocycles. The third-order valence-electron chi connectivity index (χ3n) is 2.29. The number of rotatable bonds is 4. The summed E-state index contributed by atoms with van der Waals surface area (Å²) in [5, 5.41) is 9.74. The van der Waals surface area contributed by atoms with Gasteiger partial charge in [-0.15, -0.1) is 0 Å². The molecule has 0 aromatic carbocycles. The first kappa shape index (κ1) is 10.1. The van der Waals surface area contributed by atoms with E-state index < -0.39 is 6.10 Å². The van der Waals surface area contributed by atoms with Crippen LogP contribution in [0.2, 0.25) is 0 Å². The fourth-order valence-electron chi connectivity index (χ4n) is 1.17. The van der Waals surface area contributed by atoms with Crippen LogP contribution in [-0.2, 0) is 0 Å². The van der Waals surface area contributed by atoms with Gasteiger partial charge >= 0.3 is 0 Å². The minimum absolute atomic E-state index is 0.420. The normalized spacial score (nSPS) is 15.3. The highest BCUT2D eigenvalue weighted by atomic mass is 16.3. The molecule has 0 radical (unpaired) electrons. The molecule has 0 fully saturated rings. The van der Waals surface area contributed by atoms with Gasteiger partial charge in [0, 0.05) is 18.0 Å². The predicted octanol–water partition coefficient (Wildman–Crippen LogP) is 1.95. The van der Waals surface area contributed by atoms with E-state index in [1.807, 2.05) is 0 Å². The van der Waals surface area contributed by atoms with Gasteiger partial charge in [0.15, 0.2) is 0 Å². The molecule has 13 heavy (non-hydrogen) atoms. The van der Waals surface area contributed by atoms with E-state index in [2.05, 4.69) is 23.8 Å². The molecule has 0 aliphatic carbocycles. The topological polar surface area (TPSA) is 46.0 Å². The van der Waals surface area contributed by atoms with Gasteiger partial charge < -0.3 is 5.11 Å². The molecular formula is C10H16N2O. The zero-order valence-electron chi connectivity index (χ0n) is 8.14. The zero-order valence-corrected chi connectivity index (χ0v) is 8.14. The van der Waals surface area contributed by atoms with Crippen LogP contribution in [0.4, 0.5) is 0 Å². The molecule has 0 aliphatic rings. The van der Waals surface area contributed by atoms with Gasteiger partial charge in [0.2, 0.25) is 0 Å². The molecule has 2 unspecified atom stereocenters. The van der Waals surface area contributed by atoms with Crippen LogP contribution in [0.1, 0.15) is 38.4 Å². The quantitative estimate of drug-likeness (QED) is 0.770. The summed E-state index contributed by atoms with van der Waals surface area (Å²) in [4.78, 5) is 7.74. The maximum absolute atomic E-state index is 9.74. The van der Waals surface area contributed by atoms with Gasteiger partial charge in [-0.2, -0.15) is 0 Å². The minimum atomic E-state index is -0.420. The first-order chi connectivity index (χ1) is 6.24. The maximum Gasteiger partial charge on any atom is 0.115 e. The van der Waals surface area contributed by atoms with Gasteiger partial charge in [-0.1, -0.05) is 20.3 Å². The van der Waals surface area contributed by atoms with E-state index >= 15 is 0 Å². The lowest BCUT2D eigenvalue weighted by Crippen LogP contribution is -2.04. The second-order valence-electron chi connectivity index (χ2n) is 3.44. The highest BCUT2D eigenvalue weighted by Crippen LogP contribution is 2.21. The van der Waals surface area contributed by atoms with E-state index in [4.69, 9.17) is 0 Å². The van der Waals surface area contributed by atoms with Crippen molar-refractivity contribution in [3.8, 4) is 0 Å². The highest BCUT2D eigenvalue weighted by molar-refractivity contribution is 5.06. The fraction of sp³-hybridized carbons (Fsp3) is 0.600. The highest BCUT2D eigenvalue weighted by Gasteiger charge is 2.11. The molecule has 3 heteroatoms. The molecule has 1 N–H and O–H groups in total. The third kappa shape index (κ3) is 3.11. The smallest absolute Gasteiger partial charge is 0.115 e. The monoisotopic (exact) mass is 180 g/mol. The molecule has 1 aromatic heterocycles. The van der Waals surface area contributed by atoms with Crippen LogP contribution in [0.15, 0.2) is 18.7 Å². The van der Waals surface area contributed by atoms with E-state index in [-0.39, 0.29) is 0 Å². The lowest BCUT2D eigenvalue weighted by Gasteiger charge is -2.14. The number of hydrogen-bond acceptors (Lipinski definition) is 3. The van der Waals surface area contributed by atoms with Crippen LogP contribution in [-0.4, -0.2) is 15.1 Å².